The van der Waals surface area contributed by atoms with Gasteiger partial charge in [-0.05, 0) is 64.6 Å². The van der Waals surface area contributed by atoms with Crippen molar-refractivity contribution in [3.05, 3.63) is 0 Å². The highest BCUT2D eigenvalue weighted by Crippen LogP contribution is 2.27. The largest absolute Gasteiger partial charge is 0.369 e. The summed E-state index contributed by atoms with van der Waals surface area (Å²) in [6.07, 6.45) is 9.52. The summed E-state index contributed by atoms with van der Waals surface area (Å²) in [4.78, 5) is 32.7. The third-order valence-electron chi connectivity index (χ3n) is 6.95. The molecule has 0 aromatic carbocycles. The normalized spacial score (nSPS) is 23.6. The highest BCUT2D eigenvalue weighted by atomic mass is 127. The van der Waals surface area contributed by atoms with Gasteiger partial charge in [-0.15, -0.1) is 24.0 Å². The highest BCUT2D eigenvalue weighted by molar-refractivity contribution is 14.0. The number of guanidine groups is 1. The minimum Gasteiger partial charge on any atom is -0.369 e. The molecule has 1 saturated carbocycles. The van der Waals surface area contributed by atoms with Gasteiger partial charge in [-0.2, -0.15) is 0 Å². The van der Waals surface area contributed by atoms with Crippen molar-refractivity contribution < 1.29 is 9.59 Å². The van der Waals surface area contributed by atoms with Crippen LogP contribution in [-0.4, -0.2) is 79.9 Å². The summed E-state index contributed by atoms with van der Waals surface area (Å²) in [5, 5.41) is 6.90. The predicted molar refractivity (Wildman–Crippen MR) is 134 cm³/mol. The van der Waals surface area contributed by atoms with Crippen LogP contribution >= 0.6 is 24.0 Å². The zero-order valence-electron chi connectivity index (χ0n) is 19.0. The number of likely N-dealkylation sites (tertiary alicyclic amines) is 2. The number of aliphatic imine (C=N–C) groups is 1. The van der Waals surface area contributed by atoms with E-state index >= 15 is 0 Å². The van der Waals surface area contributed by atoms with E-state index in [4.69, 9.17) is 5.73 Å². The first-order valence-electron chi connectivity index (χ1n) is 11.8. The van der Waals surface area contributed by atoms with Gasteiger partial charge in [-0.25, -0.2) is 0 Å². The van der Waals surface area contributed by atoms with Crippen LogP contribution in [0, 0.1) is 11.8 Å². The molecule has 4 N–H and O–H groups in total. The molecule has 0 aromatic heterocycles. The summed E-state index contributed by atoms with van der Waals surface area (Å²) in [5.41, 5.74) is 5.40. The molecule has 3 aliphatic rings. The highest BCUT2D eigenvalue weighted by Gasteiger charge is 2.32. The van der Waals surface area contributed by atoms with E-state index in [0.717, 1.165) is 90.2 Å². The number of nitrogens with zero attached hydrogens (tertiary/aromatic N) is 3. The van der Waals surface area contributed by atoms with E-state index in [1.807, 2.05) is 4.90 Å². The van der Waals surface area contributed by atoms with Gasteiger partial charge in [0.25, 0.3) is 0 Å². The second-order valence-electron chi connectivity index (χ2n) is 9.12. The molecular formula is C22H41IN6O2. The average Bonchev–Trinajstić information content (AvgIpc) is 3.45. The number of primary amides is 1. The molecule has 3 fully saturated rings. The molecule has 2 heterocycles. The third kappa shape index (κ3) is 8.07. The molecule has 178 valence electrons. The Morgan fingerprint density at radius 1 is 1.00 bits per heavy atom. The minimum absolute atomic E-state index is 0. The molecule has 31 heavy (non-hydrogen) atoms. The molecule has 0 bridgehead atoms. The third-order valence-corrected chi connectivity index (χ3v) is 6.95. The second-order valence-corrected chi connectivity index (χ2v) is 9.12. The van der Waals surface area contributed by atoms with Crippen molar-refractivity contribution in [1.82, 2.24) is 20.4 Å². The number of carbonyl (C=O) groups is 2. The van der Waals surface area contributed by atoms with Crippen LogP contribution in [0.1, 0.15) is 57.8 Å². The predicted octanol–water partition coefficient (Wildman–Crippen LogP) is 1.54. The van der Waals surface area contributed by atoms with E-state index in [2.05, 4.69) is 20.5 Å². The van der Waals surface area contributed by atoms with Gasteiger partial charge in [0.05, 0.1) is 0 Å². The molecule has 3 rings (SSSR count). The maximum absolute atomic E-state index is 12.6. The Kier molecular flexibility index (Phi) is 11.3. The zero-order chi connectivity index (χ0) is 21.3. The first kappa shape index (κ1) is 26.2. The Bertz CT molecular complexity index is 603. The molecule has 1 atom stereocenters. The van der Waals surface area contributed by atoms with E-state index < -0.39 is 0 Å². The number of hydrogen-bond acceptors (Lipinski definition) is 4. The molecule has 1 aliphatic carbocycles. The number of rotatable bonds is 8. The summed E-state index contributed by atoms with van der Waals surface area (Å²) in [5.74, 6) is 1.38. The fourth-order valence-electron chi connectivity index (χ4n) is 5.01. The van der Waals surface area contributed by atoms with Crippen LogP contribution in [-0.2, 0) is 9.59 Å². The van der Waals surface area contributed by atoms with Crippen molar-refractivity contribution in [3.63, 3.8) is 0 Å². The number of nitrogens with one attached hydrogen (secondary N) is 2. The Hall–Kier alpha value is -1.10. The van der Waals surface area contributed by atoms with E-state index in [1.54, 1.807) is 7.05 Å². The van der Waals surface area contributed by atoms with Gasteiger partial charge >= 0.3 is 0 Å². The molecule has 0 aromatic rings. The topological polar surface area (TPSA) is 103 Å². The second kappa shape index (κ2) is 13.4. The summed E-state index contributed by atoms with van der Waals surface area (Å²) >= 11 is 0. The summed E-state index contributed by atoms with van der Waals surface area (Å²) in [6, 6.07) is 0.285. The fourth-order valence-corrected chi connectivity index (χ4v) is 5.01. The Morgan fingerprint density at radius 2 is 1.71 bits per heavy atom. The van der Waals surface area contributed by atoms with Crippen molar-refractivity contribution in [2.45, 2.75) is 63.8 Å². The molecule has 0 radical (unpaired) electrons. The average molecular weight is 549 g/mol. The Balaban J connectivity index is 0.00000341. The van der Waals surface area contributed by atoms with Crippen LogP contribution < -0.4 is 16.4 Å². The van der Waals surface area contributed by atoms with Gasteiger partial charge in [-0.1, -0.05) is 12.8 Å². The maximum Gasteiger partial charge on any atom is 0.225 e. The van der Waals surface area contributed by atoms with E-state index in [0.29, 0.717) is 5.91 Å². The van der Waals surface area contributed by atoms with Gasteiger partial charge in [0, 0.05) is 44.6 Å². The smallest absolute Gasteiger partial charge is 0.225 e. The Labute approximate surface area is 204 Å². The maximum atomic E-state index is 12.6. The lowest BCUT2D eigenvalue weighted by atomic mass is 9.96. The monoisotopic (exact) mass is 548 g/mol. The molecule has 0 spiro atoms. The molecule has 8 nitrogen and oxygen atoms in total. The van der Waals surface area contributed by atoms with Crippen LogP contribution in [0.2, 0.25) is 0 Å². The molecule has 1 unspecified atom stereocenters. The quantitative estimate of drug-likeness (QED) is 0.185. The summed E-state index contributed by atoms with van der Waals surface area (Å²) < 4.78 is 0. The van der Waals surface area contributed by atoms with Gasteiger partial charge in [0.2, 0.25) is 11.8 Å². The standard InChI is InChI=1S/C22H40N6O2.HI/c1-24-22(25-11-4-5-12-27-13-8-17(9-14-27)20(23)29)26-19-10-15-28(16-19)21(30)18-6-2-3-7-18;/h17-19H,2-16H2,1H3,(H2,23,29)(H2,24,25,26);1H. The molecule has 2 aliphatic heterocycles. The molecule has 2 amide bonds. The molecular weight excluding hydrogens is 507 g/mol. The SMILES string of the molecule is CN=C(NCCCCN1CCC(C(N)=O)CC1)NC1CCN(C(=O)C2CCCC2)C1.I. The van der Waals surface area contributed by atoms with E-state index in [1.165, 1.54) is 12.8 Å². The first-order valence-corrected chi connectivity index (χ1v) is 11.8. The lowest BCUT2D eigenvalue weighted by molar-refractivity contribution is -0.134. The lowest BCUT2D eigenvalue weighted by Crippen LogP contribution is -2.45. The van der Waals surface area contributed by atoms with Crippen molar-refractivity contribution in [1.29, 1.82) is 0 Å². The number of carbonyl (C=O) groups excluding carboxylic acids is 2. The number of amides is 2. The van der Waals surface area contributed by atoms with Crippen LogP contribution in [0.5, 0.6) is 0 Å². The first-order chi connectivity index (χ1) is 14.6. The minimum atomic E-state index is -0.147. The molecule has 9 heteroatoms. The van der Waals surface area contributed by atoms with Crippen LogP contribution in [0.4, 0.5) is 0 Å². The van der Waals surface area contributed by atoms with Gasteiger partial charge < -0.3 is 26.2 Å². The van der Waals surface area contributed by atoms with Gasteiger partial charge in [0.1, 0.15) is 0 Å². The van der Waals surface area contributed by atoms with Gasteiger partial charge in [-0.3, -0.25) is 14.6 Å². The fraction of sp³-hybridized carbons (Fsp3) is 0.864. The summed E-state index contributed by atoms with van der Waals surface area (Å²) in [6.45, 7) is 5.55. The van der Waals surface area contributed by atoms with Crippen LogP contribution in [0.15, 0.2) is 4.99 Å². The van der Waals surface area contributed by atoms with Crippen molar-refractivity contribution in [3.8, 4) is 0 Å². The van der Waals surface area contributed by atoms with Crippen LogP contribution in [0.25, 0.3) is 0 Å². The van der Waals surface area contributed by atoms with Gasteiger partial charge in [0.15, 0.2) is 5.96 Å². The van der Waals surface area contributed by atoms with Crippen LogP contribution in [0.3, 0.4) is 0 Å². The van der Waals surface area contributed by atoms with Crippen molar-refractivity contribution in [2.24, 2.45) is 22.6 Å². The van der Waals surface area contributed by atoms with Crippen molar-refractivity contribution in [2.75, 3.05) is 46.3 Å². The number of piperidine rings is 1. The summed E-state index contributed by atoms with van der Waals surface area (Å²) in [7, 11) is 1.80. The number of nitrogens with two attached hydrogens (primary N) is 1. The molecule has 2 saturated heterocycles. The number of halogens is 1. The lowest BCUT2D eigenvalue weighted by Gasteiger charge is -2.30. The number of unbranched alkanes of at least 4 members (excludes halogenated alkanes) is 1. The number of hydrogen-bond donors (Lipinski definition) is 3. The van der Waals surface area contributed by atoms with Crippen molar-refractivity contribution >= 4 is 41.8 Å². The Morgan fingerprint density at radius 3 is 2.35 bits per heavy atom. The van der Waals surface area contributed by atoms with E-state index in [-0.39, 0.29) is 47.8 Å². The zero-order valence-corrected chi connectivity index (χ0v) is 21.3. The van der Waals surface area contributed by atoms with E-state index in [9.17, 15) is 9.59 Å².